The molecule has 3 saturated carbocycles. The molecular formula is C15H28N2O. The molecule has 3 N–H and O–H groups in total. The van der Waals surface area contributed by atoms with E-state index in [0.717, 1.165) is 30.9 Å². The van der Waals surface area contributed by atoms with Crippen molar-refractivity contribution in [2.75, 3.05) is 26.8 Å². The van der Waals surface area contributed by atoms with Crippen LogP contribution in [0, 0.1) is 23.2 Å². The molecule has 18 heavy (non-hydrogen) atoms. The molecule has 0 aromatic carbocycles. The van der Waals surface area contributed by atoms with Crippen molar-refractivity contribution >= 4 is 0 Å². The van der Waals surface area contributed by atoms with Crippen molar-refractivity contribution < 1.29 is 4.74 Å². The highest BCUT2D eigenvalue weighted by molar-refractivity contribution is 5.00. The first kappa shape index (κ1) is 12.9. The highest BCUT2D eigenvalue weighted by atomic mass is 16.5. The average Bonchev–Trinajstić information content (AvgIpc) is 2.86. The van der Waals surface area contributed by atoms with Gasteiger partial charge in [-0.2, -0.15) is 0 Å². The van der Waals surface area contributed by atoms with Gasteiger partial charge in [0.1, 0.15) is 0 Å². The summed E-state index contributed by atoms with van der Waals surface area (Å²) in [6.07, 6.45) is 8.21. The molecule has 104 valence electrons. The zero-order valence-electron chi connectivity index (χ0n) is 11.7. The molecule has 0 heterocycles. The Kier molecular flexibility index (Phi) is 3.65. The van der Waals surface area contributed by atoms with Crippen LogP contribution in [0.5, 0.6) is 0 Å². The van der Waals surface area contributed by atoms with Gasteiger partial charge in [0.2, 0.25) is 0 Å². The quantitative estimate of drug-likeness (QED) is 0.726. The number of methoxy groups -OCH3 is 1. The lowest BCUT2D eigenvalue weighted by Crippen LogP contribution is -2.42. The van der Waals surface area contributed by atoms with Gasteiger partial charge in [0.05, 0.1) is 0 Å². The van der Waals surface area contributed by atoms with Crippen LogP contribution in [0.1, 0.15) is 38.5 Å². The van der Waals surface area contributed by atoms with Crippen molar-refractivity contribution in [2.45, 2.75) is 44.6 Å². The molecule has 0 radical (unpaired) electrons. The third-order valence-corrected chi connectivity index (χ3v) is 5.83. The van der Waals surface area contributed by atoms with Gasteiger partial charge in [-0.25, -0.2) is 0 Å². The third-order valence-electron chi connectivity index (χ3n) is 5.83. The molecule has 0 aromatic rings. The molecule has 0 amide bonds. The second-order valence-electron chi connectivity index (χ2n) is 6.95. The normalized spacial score (nSPS) is 40.3. The maximum atomic E-state index is 6.35. The minimum atomic E-state index is 0.477. The molecule has 4 unspecified atom stereocenters. The number of ether oxygens (including phenoxy) is 1. The molecule has 0 aromatic heterocycles. The van der Waals surface area contributed by atoms with Crippen LogP contribution in [0.2, 0.25) is 0 Å². The summed E-state index contributed by atoms with van der Waals surface area (Å²) in [7, 11) is 1.80. The van der Waals surface area contributed by atoms with Crippen molar-refractivity contribution in [3.05, 3.63) is 0 Å². The minimum Gasteiger partial charge on any atom is -0.385 e. The van der Waals surface area contributed by atoms with E-state index in [0.29, 0.717) is 11.5 Å². The minimum absolute atomic E-state index is 0.477. The van der Waals surface area contributed by atoms with Crippen molar-refractivity contribution in [2.24, 2.45) is 28.9 Å². The fourth-order valence-corrected chi connectivity index (χ4v) is 4.27. The Hall–Kier alpha value is -0.120. The van der Waals surface area contributed by atoms with E-state index < -0.39 is 0 Å². The standard InChI is InChI=1S/C15H28N2O/c1-18-7-6-15(4-5-15)10-17-9-13-11-2-3-12(8-11)14(13)16/h11-14,17H,2-10,16H2,1H3. The van der Waals surface area contributed by atoms with Gasteiger partial charge in [-0.05, 0) is 68.2 Å². The van der Waals surface area contributed by atoms with Crippen LogP contribution < -0.4 is 11.1 Å². The van der Waals surface area contributed by atoms with Gasteiger partial charge in [0.25, 0.3) is 0 Å². The van der Waals surface area contributed by atoms with E-state index in [-0.39, 0.29) is 0 Å². The molecule has 3 rings (SSSR count). The summed E-state index contributed by atoms with van der Waals surface area (Å²) in [4.78, 5) is 0. The van der Waals surface area contributed by atoms with Crippen LogP contribution in [0.15, 0.2) is 0 Å². The highest BCUT2D eigenvalue weighted by Gasteiger charge is 2.46. The number of nitrogens with two attached hydrogens (primary N) is 1. The Morgan fingerprint density at radius 3 is 2.67 bits per heavy atom. The monoisotopic (exact) mass is 252 g/mol. The van der Waals surface area contributed by atoms with Crippen LogP contribution >= 0.6 is 0 Å². The van der Waals surface area contributed by atoms with Crippen molar-refractivity contribution in [3.8, 4) is 0 Å². The van der Waals surface area contributed by atoms with Gasteiger partial charge >= 0.3 is 0 Å². The summed E-state index contributed by atoms with van der Waals surface area (Å²) in [5, 5.41) is 3.72. The van der Waals surface area contributed by atoms with Gasteiger partial charge in [0.15, 0.2) is 0 Å². The number of rotatable bonds is 7. The Bertz CT molecular complexity index is 288. The molecule has 0 saturated heterocycles. The van der Waals surface area contributed by atoms with Gasteiger partial charge in [0, 0.05) is 26.3 Å². The SMILES string of the molecule is COCCC1(CNCC2C3CCC(C3)C2N)CC1. The van der Waals surface area contributed by atoms with Crippen LogP contribution in [0.4, 0.5) is 0 Å². The fourth-order valence-electron chi connectivity index (χ4n) is 4.27. The Balaban J connectivity index is 1.40. The van der Waals surface area contributed by atoms with Gasteiger partial charge in [-0.3, -0.25) is 0 Å². The molecular weight excluding hydrogens is 224 g/mol. The fraction of sp³-hybridized carbons (Fsp3) is 1.00. The van der Waals surface area contributed by atoms with E-state index in [4.69, 9.17) is 10.5 Å². The first-order chi connectivity index (χ1) is 8.74. The van der Waals surface area contributed by atoms with E-state index in [1.807, 2.05) is 0 Å². The summed E-state index contributed by atoms with van der Waals surface area (Å²) < 4.78 is 5.21. The maximum Gasteiger partial charge on any atom is 0.0468 e. The highest BCUT2D eigenvalue weighted by Crippen LogP contribution is 2.49. The number of hydrogen-bond acceptors (Lipinski definition) is 3. The molecule has 3 fully saturated rings. The van der Waals surface area contributed by atoms with E-state index >= 15 is 0 Å². The predicted molar refractivity (Wildman–Crippen MR) is 73.3 cm³/mol. The lowest BCUT2D eigenvalue weighted by molar-refractivity contribution is 0.169. The van der Waals surface area contributed by atoms with Crippen LogP contribution in [0.3, 0.4) is 0 Å². The average molecular weight is 252 g/mol. The molecule has 3 heteroatoms. The zero-order valence-corrected chi connectivity index (χ0v) is 11.7. The molecule has 2 bridgehead atoms. The van der Waals surface area contributed by atoms with Crippen LogP contribution in [-0.2, 0) is 4.74 Å². The first-order valence-electron chi connectivity index (χ1n) is 7.69. The number of hydrogen-bond donors (Lipinski definition) is 2. The van der Waals surface area contributed by atoms with E-state index in [1.54, 1.807) is 7.11 Å². The van der Waals surface area contributed by atoms with Gasteiger partial charge in [-0.15, -0.1) is 0 Å². The van der Waals surface area contributed by atoms with E-state index in [9.17, 15) is 0 Å². The van der Waals surface area contributed by atoms with Gasteiger partial charge in [-0.1, -0.05) is 0 Å². The second kappa shape index (κ2) is 5.10. The smallest absolute Gasteiger partial charge is 0.0468 e. The molecule has 0 aliphatic heterocycles. The van der Waals surface area contributed by atoms with Crippen LogP contribution in [-0.4, -0.2) is 32.8 Å². The molecule has 0 spiro atoms. The zero-order chi connectivity index (χ0) is 12.6. The summed E-state index contributed by atoms with van der Waals surface area (Å²) in [6, 6.07) is 0.477. The van der Waals surface area contributed by atoms with E-state index in [2.05, 4.69) is 5.32 Å². The van der Waals surface area contributed by atoms with Crippen molar-refractivity contribution in [1.29, 1.82) is 0 Å². The lowest BCUT2D eigenvalue weighted by atomic mass is 9.85. The van der Waals surface area contributed by atoms with Crippen molar-refractivity contribution in [3.63, 3.8) is 0 Å². The summed E-state index contributed by atoms with van der Waals surface area (Å²) >= 11 is 0. The predicted octanol–water partition coefficient (Wildman–Crippen LogP) is 1.77. The third kappa shape index (κ3) is 2.45. The van der Waals surface area contributed by atoms with Crippen LogP contribution in [0.25, 0.3) is 0 Å². The van der Waals surface area contributed by atoms with Gasteiger partial charge < -0.3 is 15.8 Å². The Morgan fingerprint density at radius 1 is 1.28 bits per heavy atom. The molecule has 4 atom stereocenters. The second-order valence-corrected chi connectivity index (χ2v) is 6.95. The van der Waals surface area contributed by atoms with E-state index in [1.165, 1.54) is 45.1 Å². The molecule has 3 aliphatic rings. The summed E-state index contributed by atoms with van der Waals surface area (Å²) in [6.45, 7) is 3.24. The molecule has 3 nitrogen and oxygen atoms in total. The number of fused-ring (bicyclic) bond motifs is 2. The Morgan fingerprint density at radius 2 is 2.06 bits per heavy atom. The summed E-state index contributed by atoms with van der Waals surface area (Å²) in [5.74, 6) is 2.51. The topological polar surface area (TPSA) is 47.3 Å². The summed E-state index contributed by atoms with van der Waals surface area (Å²) in [5.41, 5.74) is 6.92. The largest absolute Gasteiger partial charge is 0.385 e. The lowest BCUT2D eigenvalue weighted by Gasteiger charge is -2.29. The Labute approximate surface area is 111 Å². The molecule has 3 aliphatic carbocycles. The maximum absolute atomic E-state index is 6.35. The first-order valence-corrected chi connectivity index (χ1v) is 7.69. The van der Waals surface area contributed by atoms with Crippen molar-refractivity contribution in [1.82, 2.24) is 5.32 Å². The number of nitrogens with one attached hydrogen (secondary N) is 1.